The zero-order valence-electron chi connectivity index (χ0n) is 10.6. The highest BCUT2D eigenvalue weighted by Gasteiger charge is 2.33. The summed E-state index contributed by atoms with van der Waals surface area (Å²) in [6.07, 6.45) is 0.875. The number of aliphatic hydroxyl groups is 1. The number of rotatable bonds is 6. The SMILES string of the molecule is CC(C)CN1CC(C(=O)NCCCO)CC1=O. The van der Waals surface area contributed by atoms with Crippen LogP contribution >= 0.6 is 0 Å². The lowest BCUT2D eigenvalue weighted by Crippen LogP contribution is -2.34. The van der Waals surface area contributed by atoms with Gasteiger partial charge in [-0.25, -0.2) is 0 Å². The van der Waals surface area contributed by atoms with Crippen molar-refractivity contribution in [3.8, 4) is 0 Å². The monoisotopic (exact) mass is 242 g/mol. The number of carbonyl (C=O) groups excluding carboxylic acids is 2. The van der Waals surface area contributed by atoms with Crippen molar-refractivity contribution in [1.29, 1.82) is 0 Å². The Balaban J connectivity index is 2.37. The topological polar surface area (TPSA) is 69.6 Å². The van der Waals surface area contributed by atoms with Crippen LogP contribution in [0.25, 0.3) is 0 Å². The molecule has 1 atom stereocenters. The number of aliphatic hydroxyl groups excluding tert-OH is 1. The van der Waals surface area contributed by atoms with Gasteiger partial charge in [0.25, 0.3) is 0 Å². The Kier molecular flexibility index (Phi) is 5.41. The zero-order valence-corrected chi connectivity index (χ0v) is 10.6. The van der Waals surface area contributed by atoms with Crippen molar-refractivity contribution in [2.24, 2.45) is 11.8 Å². The van der Waals surface area contributed by atoms with Gasteiger partial charge >= 0.3 is 0 Å². The molecule has 0 saturated carbocycles. The molecule has 1 fully saturated rings. The molecule has 2 N–H and O–H groups in total. The fourth-order valence-corrected chi connectivity index (χ4v) is 2.00. The average Bonchev–Trinajstić information content (AvgIpc) is 2.60. The molecule has 2 amide bonds. The largest absolute Gasteiger partial charge is 0.396 e. The van der Waals surface area contributed by atoms with Gasteiger partial charge in [0.15, 0.2) is 0 Å². The number of nitrogens with one attached hydrogen (secondary N) is 1. The van der Waals surface area contributed by atoms with Crippen LogP contribution < -0.4 is 5.32 Å². The number of hydrogen-bond donors (Lipinski definition) is 2. The van der Waals surface area contributed by atoms with Gasteiger partial charge in [-0.15, -0.1) is 0 Å². The number of hydrogen-bond acceptors (Lipinski definition) is 3. The van der Waals surface area contributed by atoms with Crippen LogP contribution in [0.1, 0.15) is 26.7 Å². The Morgan fingerprint density at radius 1 is 1.59 bits per heavy atom. The lowest BCUT2D eigenvalue weighted by atomic mass is 10.1. The van der Waals surface area contributed by atoms with E-state index in [4.69, 9.17) is 5.11 Å². The standard InChI is InChI=1S/C12H22N2O3/c1-9(2)7-14-8-10(6-11(14)16)12(17)13-4-3-5-15/h9-10,15H,3-8H2,1-2H3,(H,13,17). The third-order valence-electron chi connectivity index (χ3n) is 2.80. The van der Waals surface area contributed by atoms with E-state index in [1.54, 1.807) is 4.90 Å². The Bertz CT molecular complexity index is 279. The summed E-state index contributed by atoms with van der Waals surface area (Å²) in [7, 11) is 0. The van der Waals surface area contributed by atoms with E-state index in [0.29, 0.717) is 31.8 Å². The molecule has 0 aromatic carbocycles. The van der Waals surface area contributed by atoms with E-state index in [2.05, 4.69) is 19.2 Å². The molecule has 0 bridgehead atoms. The highest BCUT2D eigenvalue weighted by molar-refractivity contribution is 5.89. The summed E-state index contributed by atoms with van der Waals surface area (Å²) < 4.78 is 0. The highest BCUT2D eigenvalue weighted by atomic mass is 16.3. The average molecular weight is 242 g/mol. The Labute approximate surface area is 102 Å². The van der Waals surface area contributed by atoms with E-state index in [9.17, 15) is 9.59 Å². The molecule has 0 spiro atoms. The van der Waals surface area contributed by atoms with Crippen molar-refractivity contribution in [2.45, 2.75) is 26.7 Å². The van der Waals surface area contributed by atoms with E-state index in [1.807, 2.05) is 0 Å². The first-order valence-corrected chi connectivity index (χ1v) is 6.21. The first-order chi connectivity index (χ1) is 8.04. The molecule has 1 aliphatic rings. The summed E-state index contributed by atoms with van der Waals surface area (Å²) in [5.74, 6) is 0.203. The summed E-state index contributed by atoms with van der Waals surface area (Å²) in [6.45, 7) is 5.92. The van der Waals surface area contributed by atoms with E-state index < -0.39 is 0 Å². The maximum Gasteiger partial charge on any atom is 0.225 e. The number of amides is 2. The van der Waals surface area contributed by atoms with Crippen LogP contribution in [0.15, 0.2) is 0 Å². The molecule has 5 heteroatoms. The molecule has 98 valence electrons. The Hall–Kier alpha value is -1.10. The van der Waals surface area contributed by atoms with Crippen LogP contribution in [-0.2, 0) is 9.59 Å². The molecule has 0 aliphatic carbocycles. The van der Waals surface area contributed by atoms with Crippen molar-refractivity contribution < 1.29 is 14.7 Å². The van der Waals surface area contributed by atoms with Crippen molar-refractivity contribution >= 4 is 11.8 Å². The van der Waals surface area contributed by atoms with Gasteiger partial charge in [0.2, 0.25) is 11.8 Å². The lowest BCUT2D eigenvalue weighted by Gasteiger charge is -2.18. The fourth-order valence-electron chi connectivity index (χ4n) is 2.00. The second kappa shape index (κ2) is 6.59. The normalized spacial score (nSPS) is 20.1. The van der Waals surface area contributed by atoms with Gasteiger partial charge in [0.05, 0.1) is 5.92 Å². The molecule has 1 rings (SSSR count). The summed E-state index contributed by atoms with van der Waals surface area (Å²) in [6, 6.07) is 0. The predicted octanol–water partition coefficient (Wildman–Crippen LogP) is -0.0105. The van der Waals surface area contributed by atoms with E-state index >= 15 is 0 Å². The van der Waals surface area contributed by atoms with Crippen LogP contribution in [-0.4, -0.2) is 48.1 Å². The van der Waals surface area contributed by atoms with E-state index in [0.717, 1.165) is 6.54 Å². The van der Waals surface area contributed by atoms with E-state index in [1.165, 1.54) is 0 Å². The van der Waals surface area contributed by atoms with Crippen LogP contribution in [0, 0.1) is 11.8 Å². The van der Waals surface area contributed by atoms with Gasteiger partial charge in [-0.1, -0.05) is 13.8 Å². The molecule has 1 unspecified atom stereocenters. The van der Waals surface area contributed by atoms with Gasteiger partial charge in [0.1, 0.15) is 0 Å². The van der Waals surface area contributed by atoms with Crippen LogP contribution in [0.2, 0.25) is 0 Å². The lowest BCUT2D eigenvalue weighted by molar-refractivity contribution is -0.129. The van der Waals surface area contributed by atoms with Gasteiger partial charge in [0, 0.05) is 32.7 Å². The molecule has 1 saturated heterocycles. The molecular weight excluding hydrogens is 220 g/mol. The van der Waals surface area contributed by atoms with Gasteiger partial charge in [-0.2, -0.15) is 0 Å². The van der Waals surface area contributed by atoms with Gasteiger partial charge in [-0.05, 0) is 12.3 Å². The van der Waals surface area contributed by atoms with Crippen LogP contribution in [0.5, 0.6) is 0 Å². The minimum atomic E-state index is -0.222. The van der Waals surface area contributed by atoms with Crippen molar-refractivity contribution in [3.05, 3.63) is 0 Å². The predicted molar refractivity (Wildman–Crippen MR) is 64.2 cm³/mol. The Morgan fingerprint density at radius 2 is 2.29 bits per heavy atom. The van der Waals surface area contributed by atoms with E-state index in [-0.39, 0.29) is 24.3 Å². The summed E-state index contributed by atoms with van der Waals surface area (Å²) >= 11 is 0. The van der Waals surface area contributed by atoms with Crippen molar-refractivity contribution in [3.63, 3.8) is 0 Å². The fraction of sp³-hybridized carbons (Fsp3) is 0.833. The van der Waals surface area contributed by atoms with Crippen LogP contribution in [0.3, 0.4) is 0 Å². The first kappa shape index (κ1) is 14.0. The van der Waals surface area contributed by atoms with Crippen molar-refractivity contribution in [2.75, 3.05) is 26.2 Å². The molecule has 1 heterocycles. The number of likely N-dealkylation sites (tertiary alicyclic amines) is 1. The minimum Gasteiger partial charge on any atom is -0.396 e. The Morgan fingerprint density at radius 3 is 2.88 bits per heavy atom. The molecular formula is C12H22N2O3. The van der Waals surface area contributed by atoms with Gasteiger partial charge in [-0.3, -0.25) is 9.59 Å². The zero-order chi connectivity index (χ0) is 12.8. The maximum atomic E-state index is 11.7. The third-order valence-corrected chi connectivity index (χ3v) is 2.80. The second-order valence-corrected chi connectivity index (χ2v) is 4.96. The molecule has 5 nitrogen and oxygen atoms in total. The number of carbonyl (C=O) groups is 2. The molecule has 17 heavy (non-hydrogen) atoms. The molecule has 0 aromatic rings. The smallest absolute Gasteiger partial charge is 0.225 e. The summed E-state index contributed by atoms with van der Waals surface area (Å²) in [4.78, 5) is 25.2. The minimum absolute atomic E-state index is 0.0704. The molecule has 1 aliphatic heterocycles. The third kappa shape index (κ3) is 4.34. The second-order valence-electron chi connectivity index (χ2n) is 4.96. The van der Waals surface area contributed by atoms with Crippen molar-refractivity contribution in [1.82, 2.24) is 10.2 Å². The maximum absolute atomic E-state index is 11.7. The van der Waals surface area contributed by atoms with Gasteiger partial charge < -0.3 is 15.3 Å². The molecule has 0 radical (unpaired) electrons. The first-order valence-electron chi connectivity index (χ1n) is 6.21. The number of nitrogens with zero attached hydrogens (tertiary/aromatic N) is 1. The molecule has 0 aromatic heterocycles. The summed E-state index contributed by atoms with van der Waals surface area (Å²) in [5, 5.41) is 11.4. The quantitative estimate of drug-likeness (QED) is 0.644. The highest BCUT2D eigenvalue weighted by Crippen LogP contribution is 2.19. The summed E-state index contributed by atoms with van der Waals surface area (Å²) in [5.41, 5.74) is 0. The van der Waals surface area contributed by atoms with Crippen LogP contribution in [0.4, 0.5) is 0 Å².